The van der Waals surface area contributed by atoms with Crippen LogP contribution in [0.4, 0.5) is 16.2 Å². The largest absolute Gasteiger partial charge is 0.370 e. The Labute approximate surface area is 158 Å². The first kappa shape index (κ1) is 18.1. The number of benzene rings is 2. The molecule has 0 aromatic heterocycles. The first-order valence-electron chi connectivity index (χ1n) is 8.74. The average molecular weight is 369 g/mol. The fraction of sp³-hybridized carbons (Fsp3) is 0.300. The van der Waals surface area contributed by atoms with Crippen molar-refractivity contribution in [3.8, 4) is 6.07 Å². The third-order valence-corrected chi connectivity index (χ3v) is 4.71. The van der Waals surface area contributed by atoms with Crippen LogP contribution in [0, 0.1) is 11.3 Å². The summed E-state index contributed by atoms with van der Waals surface area (Å²) in [7, 11) is 0. The summed E-state index contributed by atoms with van der Waals surface area (Å²) < 4.78 is 0. The van der Waals surface area contributed by atoms with E-state index < -0.39 is 0 Å². The van der Waals surface area contributed by atoms with Crippen LogP contribution in [0.25, 0.3) is 0 Å². The van der Waals surface area contributed by atoms with E-state index in [9.17, 15) is 4.79 Å². The normalized spacial score (nSPS) is 13.8. The van der Waals surface area contributed by atoms with Crippen LogP contribution in [0.15, 0.2) is 42.5 Å². The third-order valence-electron chi connectivity index (χ3n) is 4.41. The van der Waals surface area contributed by atoms with Gasteiger partial charge in [0.05, 0.1) is 22.3 Å². The van der Waals surface area contributed by atoms with Gasteiger partial charge < -0.3 is 15.5 Å². The van der Waals surface area contributed by atoms with Crippen LogP contribution in [0.2, 0.25) is 5.02 Å². The zero-order valence-electron chi connectivity index (χ0n) is 14.5. The highest BCUT2D eigenvalue weighted by atomic mass is 35.5. The van der Waals surface area contributed by atoms with Gasteiger partial charge in [-0.15, -0.1) is 0 Å². The molecule has 3 rings (SSSR count). The van der Waals surface area contributed by atoms with Crippen molar-refractivity contribution in [2.75, 3.05) is 23.3 Å². The highest BCUT2D eigenvalue weighted by Crippen LogP contribution is 2.30. The lowest BCUT2D eigenvalue weighted by atomic mass is 10.1. The number of nitrogens with one attached hydrogen (secondary N) is 2. The number of rotatable bonds is 4. The molecule has 2 aromatic carbocycles. The molecule has 0 radical (unpaired) electrons. The van der Waals surface area contributed by atoms with Gasteiger partial charge >= 0.3 is 6.03 Å². The first-order valence-corrected chi connectivity index (χ1v) is 9.12. The summed E-state index contributed by atoms with van der Waals surface area (Å²) in [6, 6.07) is 14.5. The number of carbonyl (C=O) groups is 1. The van der Waals surface area contributed by atoms with Crippen LogP contribution in [0.1, 0.15) is 30.4 Å². The Bertz CT molecular complexity index is 825. The highest BCUT2D eigenvalue weighted by Gasteiger charge is 2.14. The van der Waals surface area contributed by atoms with Gasteiger partial charge in [-0.05, 0) is 55.2 Å². The molecule has 1 fully saturated rings. The highest BCUT2D eigenvalue weighted by molar-refractivity contribution is 6.33. The summed E-state index contributed by atoms with van der Waals surface area (Å²) in [5, 5.41) is 15.1. The minimum atomic E-state index is -0.311. The number of nitriles is 1. The molecule has 2 N–H and O–H groups in total. The molecule has 5 nitrogen and oxygen atoms in total. The molecule has 0 atom stereocenters. The number of halogens is 1. The lowest BCUT2D eigenvalue weighted by molar-refractivity contribution is 0.251. The van der Waals surface area contributed by atoms with E-state index >= 15 is 0 Å². The Kier molecular flexibility index (Phi) is 5.98. The minimum Gasteiger partial charge on any atom is -0.370 e. The van der Waals surface area contributed by atoms with Crippen molar-refractivity contribution in [2.45, 2.75) is 25.8 Å². The molecule has 2 amide bonds. The second-order valence-corrected chi connectivity index (χ2v) is 6.74. The Morgan fingerprint density at radius 1 is 1.15 bits per heavy atom. The molecular formula is C20H21ClN4O. The van der Waals surface area contributed by atoms with Crippen LogP contribution in [0.5, 0.6) is 0 Å². The monoisotopic (exact) mass is 368 g/mol. The van der Waals surface area contributed by atoms with Crippen molar-refractivity contribution >= 4 is 29.0 Å². The van der Waals surface area contributed by atoms with Gasteiger partial charge in [0.2, 0.25) is 0 Å². The third kappa shape index (κ3) is 4.68. The van der Waals surface area contributed by atoms with Gasteiger partial charge in [0.1, 0.15) is 0 Å². The second kappa shape index (κ2) is 8.59. The molecule has 26 heavy (non-hydrogen) atoms. The minimum absolute atomic E-state index is 0.311. The molecular weight excluding hydrogens is 348 g/mol. The molecule has 1 aliphatic rings. The number of nitrogens with zero attached hydrogens (tertiary/aromatic N) is 2. The van der Waals surface area contributed by atoms with E-state index in [0.29, 0.717) is 22.8 Å². The number of urea groups is 1. The maximum Gasteiger partial charge on any atom is 0.319 e. The van der Waals surface area contributed by atoms with Gasteiger partial charge in [0, 0.05) is 25.3 Å². The zero-order valence-corrected chi connectivity index (χ0v) is 15.2. The number of amides is 2. The number of hydrogen-bond acceptors (Lipinski definition) is 3. The molecule has 0 saturated carbocycles. The fourth-order valence-electron chi connectivity index (χ4n) is 3.08. The molecule has 1 heterocycles. The Morgan fingerprint density at radius 2 is 1.96 bits per heavy atom. The number of hydrogen-bond donors (Lipinski definition) is 2. The van der Waals surface area contributed by atoms with Crippen molar-refractivity contribution in [1.29, 1.82) is 5.26 Å². The molecule has 2 aromatic rings. The summed E-state index contributed by atoms with van der Waals surface area (Å²) in [4.78, 5) is 14.4. The maximum absolute atomic E-state index is 12.1. The zero-order chi connectivity index (χ0) is 18.4. The summed E-state index contributed by atoms with van der Waals surface area (Å²) in [6.07, 6.45) is 3.64. The van der Waals surface area contributed by atoms with Crippen LogP contribution in [-0.2, 0) is 6.54 Å². The molecule has 134 valence electrons. The van der Waals surface area contributed by atoms with E-state index in [1.165, 1.54) is 19.3 Å². The van der Waals surface area contributed by atoms with E-state index in [1.54, 1.807) is 24.3 Å². The maximum atomic E-state index is 12.1. The van der Waals surface area contributed by atoms with Gasteiger partial charge in [-0.1, -0.05) is 23.7 Å². The van der Waals surface area contributed by atoms with Gasteiger partial charge in [0.15, 0.2) is 0 Å². The molecule has 0 spiro atoms. The lowest BCUT2D eigenvalue weighted by Gasteiger charge is -2.29. The van der Waals surface area contributed by atoms with Gasteiger partial charge in [-0.3, -0.25) is 0 Å². The second-order valence-electron chi connectivity index (χ2n) is 6.33. The molecule has 0 aliphatic carbocycles. The molecule has 0 bridgehead atoms. The topological polar surface area (TPSA) is 68.2 Å². The van der Waals surface area contributed by atoms with Crippen molar-refractivity contribution in [2.24, 2.45) is 0 Å². The number of piperidine rings is 1. The summed E-state index contributed by atoms with van der Waals surface area (Å²) >= 11 is 6.41. The first-order chi connectivity index (χ1) is 12.7. The van der Waals surface area contributed by atoms with Gasteiger partial charge in [0.25, 0.3) is 0 Å². The predicted molar refractivity (Wildman–Crippen MR) is 105 cm³/mol. The summed E-state index contributed by atoms with van der Waals surface area (Å²) in [6.45, 7) is 2.39. The average Bonchev–Trinajstić information content (AvgIpc) is 2.67. The van der Waals surface area contributed by atoms with Gasteiger partial charge in [-0.25, -0.2) is 4.79 Å². The Hall–Kier alpha value is -2.71. The van der Waals surface area contributed by atoms with Crippen molar-refractivity contribution in [3.05, 3.63) is 58.6 Å². The molecule has 1 aliphatic heterocycles. The molecule has 1 saturated heterocycles. The van der Waals surface area contributed by atoms with E-state index in [1.807, 2.05) is 18.2 Å². The number of anilines is 2. The van der Waals surface area contributed by atoms with E-state index in [0.717, 1.165) is 24.3 Å². The van der Waals surface area contributed by atoms with Crippen molar-refractivity contribution < 1.29 is 4.79 Å². The summed E-state index contributed by atoms with van der Waals surface area (Å²) in [5.74, 6) is 0. The van der Waals surface area contributed by atoms with E-state index in [4.69, 9.17) is 16.9 Å². The molecule has 0 unspecified atom stereocenters. The van der Waals surface area contributed by atoms with Crippen LogP contribution in [-0.4, -0.2) is 19.1 Å². The Morgan fingerprint density at radius 3 is 2.69 bits per heavy atom. The number of carbonyl (C=O) groups excluding carboxylic acids is 1. The molecule has 6 heteroatoms. The predicted octanol–water partition coefficient (Wildman–Crippen LogP) is 4.52. The van der Waals surface area contributed by atoms with E-state index in [-0.39, 0.29) is 6.03 Å². The quantitative estimate of drug-likeness (QED) is 0.833. The van der Waals surface area contributed by atoms with Crippen LogP contribution < -0.4 is 15.5 Å². The van der Waals surface area contributed by atoms with Gasteiger partial charge in [-0.2, -0.15) is 5.26 Å². The fourth-order valence-corrected chi connectivity index (χ4v) is 3.38. The lowest BCUT2D eigenvalue weighted by Crippen LogP contribution is -2.30. The van der Waals surface area contributed by atoms with Crippen LogP contribution in [0.3, 0.4) is 0 Å². The SMILES string of the molecule is N#Cc1cccc(CNC(=O)Nc2ccc(N3CCCCC3)c(Cl)c2)c1. The van der Waals surface area contributed by atoms with Crippen molar-refractivity contribution in [3.63, 3.8) is 0 Å². The van der Waals surface area contributed by atoms with Crippen molar-refractivity contribution in [1.82, 2.24) is 5.32 Å². The smallest absolute Gasteiger partial charge is 0.319 e. The summed E-state index contributed by atoms with van der Waals surface area (Å²) in [5.41, 5.74) is 3.12. The van der Waals surface area contributed by atoms with E-state index in [2.05, 4.69) is 21.6 Å². The van der Waals surface area contributed by atoms with Crippen LogP contribution >= 0.6 is 11.6 Å². The standard InChI is InChI=1S/C20H21ClN4O/c21-18-12-17(7-8-19(18)25-9-2-1-3-10-25)24-20(26)23-14-16-6-4-5-15(11-16)13-22/h4-8,11-12H,1-3,9-10,14H2,(H2,23,24,26). The Balaban J connectivity index is 1.57.